The van der Waals surface area contributed by atoms with E-state index in [1.54, 1.807) is 6.20 Å². The third kappa shape index (κ3) is 4.40. The summed E-state index contributed by atoms with van der Waals surface area (Å²) in [4.78, 5) is 4.91. The van der Waals surface area contributed by atoms with Gasteiger partial charge in [-0.15, -0.1) is 11.3 Å². The maximum atomic E-state index is 11.9. The van der Waals surface area contributed by atoms with Crippen LogP contribution >= 0.6 is 23.1 Å². The Balaban J connectivity index is 2.28. The maximum absolute atomic E-state index is 11.9. The van der Waals surface area contributed by atoms with E-state index in [0.29, 0.717) is 5.75 Å². The van der Waals surface area contributed by atoms with Crippen molar-refractivity contribution in [2.75, 3.05) is 5.75 Å². The Morgan fingerprint density at radius 1 is 1.60 bits per heavy atom. The standard InChI is InChI=1S/C8H10F3NOS2/c1-5-12-2-6(15-5)3-14-4-7(13)8(9,10)11/h2,7,13H,3-4H2,1H3/t7-/m0/s1. The van der Waals surface area contributed by atoms with Crippen LogP contribution in [0.3, 0.4) is 0 Å². The molecule has 0 radical (unpaired) electrons. The Bertz CT molecular complexity index is 313. The molecule has 0 amide bonds. The zero-order valence-corrected chi connectivity index (χ0v) is 9.55. The lowest BCUT2D eigenvalue weighted by Crippen LogP contribution is -2.30. The van der Waals surface area contributed by atoms with Crippen molar-refractivity contribution in [3.63, 3.8) is 0 Å². The highest BCUT2D eigenvalue weighted by Gasteiger charge is 2.37. The summed E-state index contributed by atoms with van der Waals surface area (Å²) in [5, 5.41) is 9.60. The van der Waals surface area contributed by atoms with Gasteiger partial charge in [-0.3, -0.25) is 0 Å². The number of hydrogen-bond donors (Lipinski definition) is 1. The lowest BCUT2D eigenvalue weighted by Gasteiger charge is -2.13. The van der Waals surface area contributed by atoms with Crippen molar-refractivity contribution in [3.8, 4) is 0 Å². The fourth-order valence-electron chi connectivity index (χ4n) is 0.838. The van der Waals surface area contributed by atoms with E-state index in [4.69, 9.17) is 5.11 Å². The molecule has 1 N–H and O–H groups in total. The van der Waals surface area contributed by atoms with Crippen LogP contribution in [0.2, 0.25) is 0 Å². The number of aliphatic hydroxyl groups excluding tert-OH is 1. The number of aromatic nitrogens is 1. The molecule has 0 spiro atoms. The van der Waals surface area contributed by atoms with Crippen LogP contribution < -0.4 is 0 Å². The van der Waals surface area contributed by atoms with E-state index in [9.17, 15) is 13.2 Å². The summed E-state index contributed by atoms with van der Waals surface area (Å²) in [6.07, 6.45) is -5.11. The molecule has 0 fully saturated rings. The predicted octanol–water partition coefficient (Wildman–Crippen LogP) is 2.61. The van der Waals surface area contributed by atoms with Crippen molar-refractivity contribution in [3.05, 3.63) is 16.1 Å². The van der Waals surface area contributed by atoms with Gasteiger partial charge in [0.25, 0.3) is 0 Å². The molecule has 86 valence electrons. The lowest BCUT2D eigenvalue weighted by atomic mass is 10.4. The van der Waals surface area contributed by atoms with Gasteiger partial charge < -0.3 is 5.11 Å². The molecule has 1 aromatic heterocycles. The number of thiazole rings is 1. The number of thioether (sulfide) groups is 1. The first kappa shape index (κ1) is 12.8. The number of aliphatic hydroxyl groups is 1. The average molecular weight is 257 g/mol. The van der Waals surface area contributed by atoms with E-state index >= 15 is 0 Å². The zero-order valence-electron chi connectivity index (χ0n) is 7.91. The summed E-state index contributed by atoms with van der Waals surface area (Å²) in [6.45, 7) is 1.84. The first-order valence-electron chi connectivity index (χ1n) is 4.13. The Kier molecular flexibility index (Phi) is 4.42. The molecule has 0 saturated heterocycles. The van der Waals surface area contributed by atoms with Crippen LogP contribution in [0, 0.1) is 6.92 Å². The average Bonchev–Trinajstić information content (AvgIpc) is 2.49. The van der Waals surface area contributed by atoms with Crippen molar-refractivity contribution in [1.82, 2.24) is 4.98 Å². The minimum atomic E-state index is -4.52. The Hall–Kier alpha value is -0.270. The molecule has 0 saturated carbocycles. The normalized spacial score (nSPS) is 14.2. The summed E-state index contributed by atoms with van der Waals surface area (Å²) in [6, 6.07) is 0. The Morgan fingerprint density at radius 3 is 2.73 bits per heavy atom. The summed E-state index contributed by atoms with van der Waals surface area (Å²) >= 11 is 2.51. The molecule has 15 heavy (non-hydrogen) atoms. The van der Waals surface area contributed by atoms with Crippen molar-refractivity contribution in [2.24, 2.45) is 0 Å². The van der Waals surface area contributed by atoms with Gasteiger partial charge >= 0.3 is 6.18 Å². The monoisotopic (exact) mass is 257 g/mol. The van der Waals surface area contributed by atoms with Crippen molar-refractivity contribution >= 4 is 23.1 Å². The largest absolute Gasteiger partial charge is 0.415 e. The molecule has 0 aromatic carbocycles. The molecule has 2 nitrogen and oxygen atoms in total. The quantitative estimate of drug-likeness (QED) is 0.900. The second-order valence-corrected chi connectivity index (χ2v) is 5.27. The van der Waals surface area contributed by atoms with E-state index < -0.39 is 12.3 Å². The molecule has 7 heteroatoms. The van der Waals surface area contributed by atoms with Crippen LogP contribution in [0.4, 0.5) is 13.2 Å². The number of halogens is 3. The number of hydrogen-bond acceptors (Lipinski definition) is 4. The van der Waals surface area contributed by atoms with E-state index in [-0.39, 0.29) is 5.75 Å². The second kappa shape index (κ2) is 5.18. The number of alkyl halides is 3. The van der Waals surface area contributed by atoms with Crippen LogP contribution in [0.5, 0.6) is 0 Å². The van der Waals surface area contributed by atoms with Gasteiger partial charge in [0, 0.05) is 22.6 Å². The molecule has 1 atom stereocenters. The smallest absolute Gasteiger partial charge is 0.383 e. The fourth-order valence-corrected chi connectivity index (χ4v) is 2.72. The predicted molar refractivity (Wildman–Crippen MR) is 55.1 cm³/mol. The van der Waals surface area contributed by atoms with Crippen molar-refractivity contribution in [1.29, 1.82) is 0 Å². The van der Waals surface area contributed by atoms with Gasteiger partial charge in [0.05, 0.1) is 5.01 Å². The van der Waals surface area contributed by atoms with Crippen LogP contribution in [-0.2, 0) is 5.75 Å². The minimum Gasteiger partial charge on any atom is -0.383 e. The number of nitrogens with zero attached hydrogens (tertiary/aromatic N) is 1. The van der Waals surface area contributed by atoms with Crippen LogP contribution in [0.15, 0.2) is 6.20 Å². The molecule has 0 aliphatic heterocycles. The van der Waals surface area contributed by atoms with Gasteiger partial charge in [0.2, 0.25) is 0 Å². The van der Waals surface area contributed by atoms with Crippen LogP contribution in [0.25, 0.3) is 0 Å². The highest BCUT2D eigenvalue weighted by molar-refractivity contribution is 7.98. The molecule has 1 heterocycles. The third-order valence-electron chi connectivity index (χ3n) is 1.57. The highest BCUT2D eigenvalue weighted by atomic mass is 32.2. The molecular formula is C8H10F3NOS2. The third-order valence-corrected chi connectivity index (χ3v) is 3.73. The van der Waals surface area contributed by atoms with Crippen LogP contribution in [-0.4, -0.2) is 28.1 Å². The van der Waals surface area contributed by atoms with Gasteiger partial charge in [-0.25, -0.2) is 4.98 Å². The summed E-state index contributed by atoms with van der Waals surface area (Å²) in [5.41, 5.74) is 0. The topological polar surface area (TPSA) is 33.1 Å². The van der Waals surface area contributed by atoms with E-state index in [2.05, 4.69) is 4.98 Å². The van der Waals surface area contributed by atoms with E-state index in [1.807, 2.05) is 6.92 Å². The lowest BCUT2D eigenvalue weighted by molar-refractivity contribution is -0.195. The molecule has 0 unspecified atom stereocenters. The van der Waals surface area contributed by atoms with Crippen LogP contribution in [0.1, 0.15) is 9.88 Å². The molecular weight excluding hydrogens is 247 g/mol. The van der Waals surface area contributed by atoms with Gasteiger partial charge in [0.15, 0.2) is 6.10 Å². The first-order valence-corrected chi connectivity index (χ1v) is 6.10. The maximum Gasteiger partial charge on any atom is 0.415 e. The fraction of sp³-hybridized carbons (Fsp3) is 0.625. The van der Waals surface area contributed by atoms with E-state index in [0.717, 1.165) is 21.6 Å². The van der Waals surface area contributed by atoms with Crippen molar-refractivity contribution in [2.45, 2.75) is 25.0 Å². The van der Waals surface area contributed by atoms with Crippen molar-refractivity contribution < 1.29 is 18.3 Å². The Morgan fingerprint density at radius 2 is 2.27 bits per heavy atom. The highest BCUT2D eigenvalue weighted by Crippen LogP contribution is 2.25. The summed E-state index contributed by atoms with van der Waals surface area (Å²) < 4.78 is 35.7. The first-order chi connectivity index (χ1) is 6.89. The van der Waals surface area contributed by atoms with Gasteiger partial charge in [-0.1, -0.05) is 0 Å². The molecule has 0 aliphatic carbocycles. The Labute approximate surface area is 93.5 Å². The number of rotatable bonds is 4. The molecule has 1 aromatic rings. The number of aryl methyl sites for hydroxylation is 1. The van der Waals surface area contributed by atoms with Gasteiger partial charge in [0.1, 0.15) is 0 Å². The molecule has 0 bridgehead atoms. The molecule has 1 rings (SSSR count). The minimum absolute atomic E-state index is 0.333. The second-order valence-electron chi connectivity index (χ2n) is 2.92. The van der Waals surface area contributed by atoms with Gasteiger partial charge in [-0.05, 0) is 6.92 Å². The SMILES string of the molecule is Cc1ncc(CSC[C@H](O)C(F)(F)F)s1. The van der Waals surface area contributed by atoms with E-state index in [1.165, 1.54) is 11.3 Å². The zero-order chi connectivity index (χ0) is 11.5. The molecule has 0 aliphatic rings. The summed E-state index contributed by atoms with van der Waals surface area (Å²) in [5.74, 6) is 0.124. The van der Waals surface area contributed by atoms with Gasteiger partial charge in [-0.2, -0.15) is 24.9 Å². The summed E-state index contributed by atoms with van der Waals surface area (Å²) in [7, 11) is 0.